The highest BCUT2D eigenvalue weighted by Gasteiger charge is 2.30. The fraction of sp³-hybridized carbons (Fsp3) is 0.467. The first-order valence-electron chi connectivity index (χ1n) is 6.46. The van der Waals surface area contributed by atoms with Crippen molar-refractivity contribution in [3.63, 3.8) is 0 Å². The predicted molar refractivity (Wildman–Crippen MR) is 83.2 cm³/mol. The van der Waals surface area contributed by atoms with Gasteiger partial charge in [-0.15, -0.1) is 0 Å². The van der Waals surface area contributed by atoms with Crippen molar-refractivity contribution in [2.45, 2.75) is 26.7 Å². The maximum atomic E-state index is 11.8. The monoisotopic (exact) mass is 295 g/mol. The largest absolute Gasteiger partial charge is 0.481 e. The average molecular weight is 295 g/mol. The van der Waals surface area contributed by atoms with Crippen LogP contribution in [-0.2, 0) is 16.0 Å². The van der Waals surface area contributed by atoms with Gasteiger partial charge in [0, 0.05) is 12.1 Å². The van der Waals surface area contributed by atoms with Gasteiger partial charge in [-0.1, -0.05) is 12.1 Å². The number of aryl methyl sites for hydroxylation is 1. The minimum Gasteiger partial charge on any atom is -0.481 e. The highest BCUT2D eigenvalue weighted by molar-refractivity contribution is 7.98. The number of carbonyl (C=O) groups excluding carboxylic acids is 1. The van der Waals surface area contributed by atoms with E-state index in [1.54, 1.807) is 25.6 Å². The molecule has 110 valence electrons. The van der Waals surface area contributed by atoms with E-state index in [-0.39, 0.29) is 12.3 Å². The van der Waals surface area contributed by atoms with Gasteiger partial charge in [0.15, 0.2) is 0 Å². The van der Waals surface area contributed by atoms with Gasteiger partial charge in [-0.05, 0) is 50.0 Å². The first-order valence-corrected chi connectivity index (χ1v) is 7.85. The molecule has 5 heteroatoms. The van der Waals surface area contributed by atoms with Gasteiger partial charge in [0.05, 0.1) is 5.41 Å². The van der Waals surface area contributed by atoms with Gasteiger partial charge < -0.3 is 10.4 Å². The number of rotatable bonds is 7. The third-order valence-electron chi connectivity index (χ3n) is 3.01. The second-order valence-corrected chi connectivity index (χ2v) is 6.34. The second-order valence-electron chi connectivity index (χ2n) is 5.35. The topological polar surface area (TPSA) is 66.4 Å². The first kappa shape index (κ1) is 16.6. The Labute approximate surface area is 124 Å². The fourth-order valence-electron chi connectivity index (χ4n) is 1.66. The lowest BCUT2D eigenvalue weighted by Gasteiger charge is -2.18. The van der Waals surface area contributed by atoms with Gasteiger partial charge in [-0.2, -0.15) is 11.8 Å². The Hall–Kier alpha value is -1.49. The zero-order chi connectivity index (χ0) is 15.2. The Balaban J connectivity index is 2.56. The first-order chi connectivity index (χ1) is 9.35. The molecule has 1 aromatic rings. The fourth-order valence-corrected chi connectivity index (χ4v) is 2.10. The van der Waals surface area contributed by atoms with Crippen LogP contribution in [0.25, 0.3) is 0 Å². The van der Waals surface area contributed by atoms with E-state index < -0.39 is 11.4 Å². The number of hydrogen-bond donors (Lipinski definition) is 2. The van der Waals surface area contributed by atoms with Gasteiger partial charge in [0.1, 0.15) is 0 Å². The Bertz CT molecular complexity index is 469. The molecule has 0 saturated carbocycles. The summed E-state index contributed by atoms with van der Waals surface area (Å²) in [6, 6.07) is 7.66. The number of amides is 1. The lowest BCUT2D eigenvalue weighted by molar-refractivity contribution is -0.148. The summed E-state index contributed by atoms with van der Waals surface area (Å²) in [6.45, 7) is 3.08. The number of carboxylic acids is 1. The van der Waals surface area contributed by atoms with Gasteiger partial charge >= 0.3 is 5.97 Å². The molecule has 0 unspecified atom stereocenters. The molecule has 0 atom stereocenters. The Kier molecular flexibility index (Phi) is 6.07. The molecule has 0 aromatic heterocycles. The number of anilines is 1. The third-order valence-corrected chi connectivity index (χ3v) is 3.63. The summed E-state index contributed by atoms with van der Waals surface area (Å²) in [4.78, 5) is 22.8. The molecule has 4 nitrogen and oxygen atoms in total. The van der Waals surface area contributed by atoms with E-state index in [1.807, 2.05) is 24.3 Å². The van der Waals surface area contributed by atoms with E-state index >= 15 is 0 Å². The minimum absolute atomic E-state index is 0.0451. The van der Waals surface area contributed by atoms with Gasteiger partial charge in [0.2, 0.25) is 5.91 Å². The molecule has 0 heterocycles. The van der Waals surface area contributed by atoms with Crippen LogP contribution in [0.3, 0.4) is 0 Å². The van der Waals surface area contributed by atoms with Gasteiger partial charge in [-0.25, -0.2) is 0 Å². The number of hydrogen-bond acceptors (Lipinski definition) is 3. The molecule has 2 N–H and O–H groups in total. The number of carbonyl (C=O) groups is 2. The molecule has 0 spiro atoms. The van der Waals surface area contributed by atoms with E-state index in [9.17, 15) is 9.59 Å². The van der Waals surface area contributed by atoms with E-state index in [1.165, 1.54) is 5.56 Å². The molecule has 0 aliphatic rings. The van der Waals surface area contributed by atoms with E-state index in [0.29, 0.717) is 5.69 Å². The number of carboxylic acid groups (broad SMARTS) is 1. The summed E-state index contributed by atoms with van der Waals surface area (Å²) < 4.78 is 0. The second kappa shape index (κ2) is 7.33. The summed E-state index contributed by atoms with van der Waals surface area (Å²) in [5.41, 5.74) is 0.870. The van der Waals surface area contributed by atoms with Crippen LogP contribution in [-0.4, -0.2) is 29.0 Å². The average Bonchev–Trinajstić information content (AvgIpc) is 2.37. The van der Waals surface area contributed by atoms with E-state index in [2.05, 4.69) is 11.6 Å². The Morgan fingerprint density at radius 2 is 1.85 bits per heavy atom. The van der Waals surface area contributed by atoms with Crippen LogP contribution < -0.4 is 5.32 Å². The molecular formula is C15H21NO3S. The van der Waals surface area contributed by atoms with Crippen LogP contribution in [0.4, 0.5) is 5.69 Å². The van der Waals surface area contributed by atoms with Gasteiger partial charge in [-0.3, -0.25) is 9.59 Å². The van der Waals surface area contributed by atoms with Crippen molar-refractivity contribution in [3.05, 3.63) is 29.8 Å². The van der Waals surface area contributed by atoms with Crippen molar-refractivity contribution in [1.82, 2.24) is 0 Å². The molecule has 1 aromatic carbocycles. The lowest BCUT2D eigenvalue weighted by atomic mass is 9.89. The zero-order valence-corrected chi connectivity index (χ0v) is 12.9. The van der Waals surface area contributed by atoms with Crippen LogP contribution in [0.2, 0.25) is 0 Å². The predicted octanol–water partition coefficient (Wildman–Crippen LogP) is 3.03. The molecule has 0 fully saturated rings. The summed E-state index contributed by atoms with van der Waals surface area (Å²) in [5.74, 6) is -0.187. The highest BCUT2D eigenvalue weighted by Crippen LogP contribution is 2.21. The number of nitrogens with one attached hydrogen (secondary N) is 1. The summed E-state index contributed by atoms with van der Waals surface area (Å²) in [6.07, 6.45) is 3.02. The van der Waals surface area contributed by atoms with Crippen LogP contribution in [0.15, 0.2) is 24.3 Å². The molecule has 0 saturated heterocycles. The standard InChI is InChI=1S/C15H21NO3S/c1-15(2,14(18)19)10-13(17)16-12-6-4-11(5-7-12)8-9-20-3/h4-7H,8-10H2,1-3H3,(H,16,17)(H,18,19). The van der Waals surface area contributed by atoms with Crippen molar-refractivity contribution in [1.29, 1.82) is 0 Å². The molecular weight excluding hydrogens is 274 g/mol. The lowest BCUT2D eigenvalue weighted by Crippen LogP contribution is -2.29. The van der Waals surface area contributed by atoms with Crippen LogP contribution in [0.5, 0.6) is 0 Å². The summed E-state index contributed by atoms with van der Waals surface area (Å²) in [7, 11) is 0. The maximum Gasteiger partial charge on any atom is 0.309 e. The van der Waals surface area contributed by atoms with Crippen molar-refractivity contribution >= 4 is 29.3 Å². The number of thioether (sulfide) groups is 1. The molecule has 0 aliphatic heterocycles. The SMILES string of the molecule is CSCCc1ccc(NC(=O)CC(C)(C)C(=O)O)cc1. The molecule has 0 radical (unpaired) electrons. The normalized spacial score (nSPS) is 11.2. The third kappa shape index (κ3) is 5.25. The Morgan fingerprint density at radius 3 is 2.35 bits per heavy atom. The maximum absolute atomic E-state index is 11.8. The summed E-state index contributed by atoms with van der Waals surface area (Å²) >= 11 is 1.80. The van der Waals surface area contributed by atoms with E-state index in [0.717, 1.165) is 12.2 Å². The van der Waals surface area contributed by atoms with Crippen LogP contribution in [0, 0.1) is 5.41 Å². The molecule has 1 rings (SSSR count). The number of benzene rings is 1. The highest BCUT2D eigenvalue weighted by atomic mass is 32.2. The number of aliphatic carboxylic acids is 1. The Morgan fingerprint density at radius 1 is 1.25 bits per heavy atom. The molecule has 20 heavy (non-hydrogen) atoms. The van der Waals surface area contributed by atoms with E-state index in [4.69, 9.17) is 5.11 Å². The summed E-state index contributed by atoms with van der Waals surface area (Å²) in [5, 5.41) is 11.7. The quantitative estimate of drug-likeness (QED) is 0.811. The smallest absolute Gasteiger partial charge is 0.309 e. The van der Waals surface area contributed by atoms with Gasteiger partial charge in [0.25, 0.3) is 0 Å². The van der Waals surface area contributed by atoms with Crippen molar-refractivity contribution in [2.24, 2.45) is 5.41 Å². The van der Waals surface area contributed by atoms with Crippen molar-refractivity contribution < 1.29 is 14.7 Å². The molecule has 1 amide bonds. The molecule has 0 bridgehead atoms. The van der Waals surface area contributed by atoms with Crippen LogP contribution in [0.1, 0.15) is 25.8 Å². The van der Waals surface area contributed by atoms with Crippen molar-refractivity contribution in [2.75, 3.05) is 17.3 Å². The molecule has 0 aliphatic carbocycles. The van der Waals surface area contributed by atoms with Crippen LogP contribution >= 0.6 is 11.8 Å². The zero-order valence-electron chi connectivity index (χ0n) is 12.1. The van der Waals surface area contributed by atoms with Crippen molar-refractivity contribution in [3.8, 4) is 0 Å². The minimum atomic E-state index is -1.05.